The summed E-state index contributed by atoms with van der Waals surface area (Å²) in [5, 5.41) is 15.7. The van der Waals surface area contributed by atoms with E-state index < -0.39 is 98.0 Å². The molecule has 17 heteroatoms. The molecule has 2 aliphatic rings. The van der Waals surface area contributed by atoms with Crippen molar-refractivity contribution in [3.05, 3.63) is 12.3 Å². The lowest BCUT2D eigenvalue weighted by atomic mass is 9.98. The molecule has 0 aliphatic carbocycles. The molecule has 228 valence electrons. The Morgan fingerprint density at radius 1 is 1.12 bits per heavy atom. The van der Waals surface area contributed by atoms with Gasteiger partial charge in [0.25, 0.3) is 6.43 Å². The third kappa shape index (κ3) is 8.30. The second kappa shape index (κ2) is 13.8. The van der Waals surface area contributed by atoms with Crippen LogP contribution < -0.4 is 10.2 Å². The highest BCUT2D eigenvalue weighted by molar-refractivity contribution is 8.10. The van der Waals surface area contributed by atoms with E-state index in [0.29, 0.717) is 4.90 Å². The molecule has 1 fully saturated rings. The number of rotatable bonds is 13. The molecule has 0 aromatic rings. The number of hydrogen-bond acceptors (Lipinski definition) is 10. The van der Waals surface area contributed by atoms with Gasteiger partial charge in [-0.2, -0.15) is 0 Å². The predicted molar refractivity (Wildman–Crippen MR) is 138 cm³/mol. The van der Waals surface area contributed by atoms with E-state index in [0.717, 1.165) is 12.3 Å². The van der Waals surface area contributed by atoms with E-state index in [9.17, 15) is 33.1 Å². The van der Waals surface area contributed by atoms with E-state index in [4.69, 9.17) is 30.5 Å². The first kappa shape index (κ1) is 34.3. The van der Waals surface area contributed by atoms with Crippen molar-refractivity contribution in [1.29, 1.82) is 0 Å². The number of ether oxygens (including phenoxy) is 3. The van der Waals surface area contributed by atoms with E-state index in [2.05, 4.69) is 10.2 Å². The van der Waals surface area contributed by atoms with Crippen LogP contribution in [0.3, 0.4) is 0 Å². The summed E-state index contributed by atoms with van der Waals surface area (Å²) in [7, 11) is 0. The van der Waals surface area contributed by atoms with Crippen molar-refractivity contribution in [2.45, 2.75) is 103 Å². The maximum Gasteiger partial charge on any atom is 0.323 e. The van der Waals surface area contributed by atoms with Gasteiger partial charge in [-0.15, -0.1) is 0 Å². The lowest BCUT2D eigenvalue weighted by Gasteiger charge is -2.35. The molecule has 3 N–H and O–H groups in total. The largest absolute Gasteiger partial charge is 0.462 e. The monoisotopic (exact) mass is 617 g/mol. The summed E-state index contributed by atoms with van der Waals surface area (Å²) in [5.74, 6) is -2.99. The number of nitrogens with zero attached hydrogens (tertiary/aromatic N) is 1. The van der Waals surface area contributed by atoms with Crippen LogP contribution >= 0.6 is 6.57 Å². The number of aliphatic hydroxyl groups excluding tert-OH is 1. The van der Waals surface area contributed by atoms with Gasteiger partial charge in [-0.05, 0) is 59.4 Å². The van der Waals surface area contributed by atoms with Crippen molar-refractivity contribution >= 4 is 42.0 Å². The highest BCUT2D eigenvalue weighted by atomic mass is 32.4. The standard InChI is InChI=1S/C23H35F3N3O9PS/c1-11(2)36-20(33)13(5)27-39(40,28-14(6)21(34)37-12(3)4)35-10-23(22(25)26)18(24)17(32)19(38-23)29-8-7-15(30)9-16(29)31/h7-8,11-14,17-19,22,32H,9-10H2,1-6H3,(H2,27,28,40)/t13-,14-,17+,18-,19+,23+/m0/s1. The molecule has 1 saturated heterocycles. The highest BCUT2D eigenvalue weighted by Gasteiger charge is 2.63. The smallest absolute Gasteiger partial charge is 0.323 e. The maximum atomic E-state index is 15.4. The summed E-state index contributed by atoms with van der Waals surface area (Å²) < 4.78 is 65.3. The number of carbonyl (C=O) groups excluding carboxylic acids is 4. The first-order valence-corrected chi connectivity index (χ1v) is 15.2. The fourth-order valence-electron chi connectivity index (χ4n) is 3.72. The Kier molecular flexibility index (Phi) is 11.8. The number of ketones is 1. The highest BCUT2D eigenvalue weighted by Crippen LogP contribution is 2.46. The van der Waals surface area contributed by atoms with Gasteiger partial charge in [0.1, 0.15) is 18.2 Å². The lowest BCUT2D eigenvalue weighted by molar-refractivity contribution is -0.192. The zero-order valence-corrected chi connectivity index (χ0v) is 24.5. The molecule has 0 aromatic carbocycles. The second-order valence-corrected chi connectivity index (χ2v) is 13.3. The van der Waals surface area contributed by atoms with Gasteiger partial charge in [0.05, 0.1) is 25.2 Å². The van der Waals surface area contributed by atoms with Crippen LogP contribution in [0.15, 0.2) is 12.3 Å². The van der Waals surface area contributed by atoms with Gasteiger partial charge in [-0.25, -0.2) is 23.3 Å². The Bertz CT molecular complexity index is 1020. The zero-order chi connectivity index (χ0) is 30.6. The molecule has 2 rings (SSSR count). The fourth-order valence-corrected chi connectivity index (χ4v) is 6.67. The minimum absolute atomic E-state index is 0.495. The van der Waals surface area contributed by atoms with Gasteiger partial charge in [0.2, 0.25) is 5.91 Å². The van der Waals surface area contributed by atoms with Crippen LogP contribution in [0.1, 0.15) is 48.0 Å². The first-order valence-electron chi connectivity index (χ1n) is 12.4. The van der Waals surface area contributed by atoms with Gasteiger partial charge in [-0.3, -0.25) is 24.1 Å². The van der Waals surface area contributed by atoms with E-state index in [1.807, 2.05) is 0 Å². The number of aliphatic hydroxyl groups is 1. The van der Waals surface area contributed by atoms with Crippen molar-refractivity contribution in [3.63, 3.8) is 0 Å². The van der Waals surface area contributed by atoms with Crippen molar-refractivity contribution in [1.82, 2.24) is 15.1 Å². The van der Waals surface area contributed by atoms with Crippen LogP contribution in [0.5, 0.6) is 0 Å². The second-order valence-electron chi connectivity index (χ2n) is 9.91. The Hall–Kier alpha value is -1.94. The first-order chi connectivity index (χ1) is 18.4. The van der Waals surface area contributed by atoms with E-state index in [1.165, 1.54) is 13.8 Å². The third-order valence-corrected chi connectivity index (χ3v) is 8.58. The maximum absolute atomic E-state index is 15.4. The quantitative estimate of drug-likeness (QED) is 0.156. The summed E-state index contributed by atoms with van der Waals surface area (Å²) in [4.78, 5) is 49.2. The molecule has 2 aliphatic heterocycles. The average molecular weight is 618 g/mol. The van der Waals surface area contributed by atoms with Crippen LogP contribution in [0.25, 0.3) is 0 Å². The summed E-state index contributed by atoms with van der Waals surface area (Å²) >= 11 is 5.50. The Balaban J connectivity index is 2.35. The predicted octanol–water partition coefficient (Wildman–Crippen LogP) is 1.46. The van der Waals surface area contributed by atoms with Gasteiger partial charge < -0.3 is 23.8 Å². The number of allylic oxidation sites excluding steroid dienone is 1. The van der Waals surface area contributed by atoms with Gasteiger partial charge in [0.15, 0.2) is 30.4 Å². The molecule has 6 atom stereocenters. The van der Waals surface area contributed by atoms with Crippen LogP contribution in [0.4, 0.5) is 13.2 Å². The molecule has 0 aromatic heterocycles. The number of amides is 1. The van der Waals surface area contributed by atoms with Crippen molar-refractivity contribution in [2.24, 2.45) is 0 Å². The minimum atomic E-state index is -3.85. The Morgan fingerprint density at radius 3 is 2.05 bits per heavy atom. The van der Waals surface area contributed by atoms with Gasteiger partial charge >= 0.3 is 11.9 Å². The number of nitrogens with one attached hydrogen (secondary N) is 2. The topological polar surface area (TPSA) is 153 Å². The molecule has 40 heavy (non-hydrogen) atoms. The molecule has 0 unspecified atom stereocenters. The molecule has 0 spiro atoms. The van der Waals surface area contributed by atoms with E-state index in [1.54, 1.807) is 27.7 Å². The molecular weight excluding hydrogens is 582 g/mol. The molecule has 2 heterocycles. The average Bonchev–Trinajstić information content (AvgIpc) is 3.08. The molecular formula is C23H35F3N3O9PS. The third-order valence-electron chi connectivity index (χ3n) is 5.69. The van der Waals surface area contributed by atoms with Crippen LogP contribution in [-0.4, -0.2) is 95.1 Å². The van der Waals surface area contributed by atoms with Crippen LogP contribution in [0, 0.1) is 0 Å². The number of halogens is 3. The van der Waals surface area contributed by atoms with Crippen molar-refractivity contribution in [3.8, 4) is 0 Å². The Labute approximate surface area is 235 Å². The van der Waals surface area contributed by atoms with Crippen LogP contribution in [0.2, 0.25) is 0 Å². The lowest BCUT2D eigenvalue weighted by Crippen LogP contribution is -2.52. The zero-order valence-electron chi connectivity index (χ0n) is 22.8. The Morgan fingerprint density at radius 2 is 1.62 bits per heavy atom. The summed E-state index contributed by atoms with van der Waals surface area (Å²) in [6.07, 6.45) is -10.2. The SMILES string of the molecule is CC(C)OC(=O)[C@H](C)NP(=S)(N[C@@H](C)C(=O)OC(C)C)OC[C@@]1(C(F)F)O[C@@H](N2C=CC(=O)CC2=O)[C@H](O)[C@@H]1F. The minimum Gasteiger partial charge on any atom is -0.462 e. The number of alkyl halides is 3. The van der Waals surface area contributed by atoms with Crippen molar-refractivity contribution in [2.75, 3.05) is 6.61 Å². The molecule has 0 bridgehead atoms. The summed E-state index contributed by atoms with van der Waals surface area (Å²) in [6.45, 7) is 4.01. The van der Waals surface area contributed by atoms with E-state index in [-0.39, 0.29) is 0 Å². The van der Waals surface area contributed by atoms with Gasteiger partial charge in [-0.1, -0.05) is 0 Å². The molecule has 0 saturated carbocycles. The fraction of sp³-hybridized carbons (Fsp3) is 0.739. The van der Waals surface area contributed by atoms with Crippen molar-refractivity contribution < 1.29 is 56.2 Å². The summed E-state index contributed by atoms with van der Waals surface area (Å²) in [5.41, 5.74) is -3.11. The molecule has 0 radical (unpaired) electrons. The molecule has 1 amide bonds. The number of carbonyl (C=O) groups is 4. The van der Waals surface area contributed by atoms with Gasteiger partial charge in [0, 0.05) is 6.20 Å². The normalized spacial score (nSPS) is 27.0. The van der Waals surface area contributed by atoms with Crippen LogP contribution in [-0.2, 0) is 49.7 Å². The number of hydrogen-bond donors (Lipinski definition) is 3. The number of esters is 2. The van der Waals surface area contributed by atoms with E-state index >= 15 is 4.39 Å². The summed E-state index contributed by atoms with van der Waals surface area (Å²) in [6, 6.07) is -2.32. The molecule has 12 nitrogen and oxygen atoms in total.